The van der Waals surface area contributed by atoms with Crippen LogP contribution in [0.2, 0.25) is 0 Å². The Morgan fingerprint density at radius 2 is 1.54 bits per heavy atom. The van der Waals surface area contributed by atoms with Crippen LogP contribution >= 0.6 is 0 Å². The van der Waals surface area contributed by atoms with Gasteiger partial charge in [0.2, 0.25) is 0 Å². The molecule has 28 heavy (non-hydrogen) atoms. The molecule has 1 aromatic carbocycles. The Labute approximate surface area is 168 Å². The molecule has 1 aromatic heterocycles. The Bertz CT molecular complexity index is 771. The fourth-order valence-electron chi connectivity index (χ4n) is 3.71. The van der Waals surface area contributed by atoms with Gasteiger partial charge in [-0.3, -0.25) is 9.88 Å². The third-order valence-corrected chi connectivity index (χ3v) is 6.27. The van der Waals surface area contributed by atoms with Crippen molar-refractivity contribution in [2.24, 2.45) is 0 Å². The van der Waals surface area contributed by atoms with Crippen molar-refractivity contribution in [3.63, 3.8) is 0 Å². The summed E-state index contributed by atoms with van der Waals surface area (Å²) < 4.78 is 12.3. The summed E-state index contributed by atoms with van der Waals surface area (Å²) in [6.07, 6.45) is 1.87. The van der Waals surface area contributed by atoms with Gasteiger partial charge in [0.25, 0.3) is 0 Å². The van der Waals surface area contributed by atoms with Crippen LogP contribution in [-0.2, 0) is 15.9 Å². The van der Waals surface area contributed by atoms with Crippen molar-refractivity contribution in [3.8, 4) is 0 Å². The lowest BCUT2D eigenvalue weighted by atomic mass is 9.79. The molecule has 0 atom stereocenters. The van der Waals surface area contributed by atoms with Crippen molar-refractivity contribution in [3.05, 3.63) is 54.4 Å². The van der Waals surface area contributed by atoms with E-state index in [1.165, 1.54) is 5.69 Å². The molecular formula is C22H30BN3O2. The minimum absolute atomic E-state index is 0.297. The molecule has 2 saturated heterocycles. The zero-order valence-corrected chi connectivity index (χ0v) is 17.4. The van der Waals surface area contributed by atoms with Crippen LogP contribution in [0, 0.1) is 0 Å². The average molecular weight is 379 g/mol. The van der Waals surface area contributed by atoms with Gasteiger partial charge in [0.05, 0.1) is 16.9 Å². The second kappa shape index (κ2) is 7.50. The van der Waals surface area contributed by atoms with Crippen LogP contribution in [0.25, 0.3) is 0 Å². The van der Waals surface area contributed by atoms with Gasteiger partial charge in [0.15, 0.2) is 0 Å². The lowest BCUT2D eigenvalue weighted by molar-refractivity contribution is 0.00578. The van der Waals surface area contributed by atoms with Gasteiger partial charge in [-0.25, -0.2) is 0 Å². The predicted octanol–water partition coefficient (Wildman–Crippen LogP) is 2.70. The largest absolute Gasteiger partial charge is 0.494 e. The van der Waals surface area contributed by atoms with Crippen LogP contribution in [0.4, 0.5) is 5.69 Å². The standard InChI is InChI=1S/C22H30BN3O2/c1-21(2)22(3,4)28-23(27-21)18-8-10-20(11-9-18)26-15-13-25(14-16-26)17-19-7-5-6-12-24-19/h5-12H,13-17H2,1-4H3. The van der Waals surface area contributed by atoms with Gasteiger partial charge < -0.3 is 14.2 Å². The topological polar surface area (TPSA) is 37.8 Å². The Kier molecular flexibility index (Phi) is 5.21. The Morgan fingerprint density at radius 1 is 0.893 bits per heavy atom. The van der Waals surface area contributed by atoms with Crippen molar-refractivity contribution >= 4 is 18.3 Å². The van der Waals surface area contributed by atoms with Crippen molar-refractivity contribution in [1.29, 1.82) is 0 Å². The molecule has 0 unspecified atom stereocenters. The quantitative estimate of drug-likeness (QED) is 0.764. The average Bonchev–Trinajstić information content (AvgIpc) is 2.91. The number of hydrogen-bond donors (Lipinski definition) is 0. The Balaban J connectivity index is 1.34. The molecule has 0 N–H and O–H groups in total. The summed E-state index contributed by atoms with van der Waals surface area (Å²) in [4.78, 5) is 9.36. The van der Waals surface area contributed by atoms with E-state index >= 15 is 0 Å². The van der Waals surface area contributed by atoms with Gasteiger partial charge in [0.1, 0.15) is 0 Å². The molecule has 0 amide bonds. The fraction of sp³-hybridized carbons (Fsp3) is 0.500. The van der Waals surface area contributed by atoms with Gasteiger partial charge in [0, 0.05) is 44.6 Å². The molecule has 6 heteroatoms. The lowest BCUT2D eigenvalue weighted by Crippen LogP contribution is -2.46. The number of hydrogen-bond acceptors (Lipinski definition) is 5. The highest BCUT2D eigenvalue weighted by Gasteiger charge is 2.51. The maximum Gasteiger partial charge on any atom is 0.494 e. The van der Waals surface area contributed by atoms with E-state index < -0.39 is 0 Å². The highest BCUT2D eigenvalue weighted by Crippen LogP contribution is 2.36. The lowest BCUT2D eigenvalue weighted by Gasteiger charge is -2.36. The Morgan fingerprint density at radius 3 is 2.11 bits per heavy atom. The molecular weight excluding hydrogens is 349 g/mol. The van der Waals surface area contributed by atoms with Crippen molar-refractivity contribution < 1.29 is 9.31 Å². The van der Waals surface area contributed by atoms with E-state index in [1.807, 2.05) is 12.3 Å². The van der Waals surface area contributed by atoms with E-state index in [0.717, 1.165) is 43.9 Å². The summed E-state index contributed by atoms with van der Waals surface area (Å²) in [5.74, 6) is 0. The van der Waals surface area contributed by atoms with Crippen LogP contribution in [0.15, 0.2) is 48.7 Å². The number of nitrogens with zero attached hydrogens (tertiary/aromatic N) is 3. The molecule has 0 saturated carbocycles. The van der Waals surface area contributed by atoms with E-state index in [1.54, 1.807) is 0 Å². The SMILES string of the molecule is CC1(C)OB(c2ccc(N3CCN(Cc4ccccn4)CC3)cc2)OC1(C)C. The number of pyridine rings is 1. The van der Waals surface area contributed by atoms with Gasteiger partial charge in [-0.05, 0) is 57.4 Å². The van der Waals surface area contributed by atoms with Crippen molar-refractivity contribution in [2.75, 3.05) is 31.1 Å². The summed E-state index contributed by atoms with van der Waals surface area (Å²) in [7, 11) is -0.297. The maximum absolute atomic E-state index is 6.16. The molecule has 2 fully saturated rings. The predicted molar refractivity (Wildman–Crippen MR) is 114 cm³/mol. The van der Waals surface area contributed by atoms with Crippen LogP contribution in [0.5, 0.6) is 0 Å². The monoisotopic (exact) mass is 379 g/mol. The zero-order chi connectivity index (χ0) is 19.8. The van der Waals surface area contributed by atoms with Crippen molar-refractivity contribution in [1.82, 2.24) is 9.88 Å². The van der Waals surface area contributed by atoms with E-state index in [4.69, 9.17) is 9.31 Å². The van der Waals surface area contributed by atoms with E-state index in [2.05, 4.69) is 78.9 Å². The van der Waals surface area contributed by atoms with Crippen LogP contribution < -0.4 is 10.4 Å². The number of benzene rings is 1. The van der Waals surface area contributed by atoms with E-state index in [9.17, 15) is 0 Å². The minimum atomic E-state index is -0.305. The normalized spacial score (nSPS) is 21.9. The first kappa shape index (κ1) is 19.4. The summed E-state index contributed by atoms with van der Waals surface area (Å²) >= 11 is 0. The number of piperazine rings is 1. The molecule has 0 spiro atoms. The molecule has 0 radical (unpaired) electrons. The van der Waals surface area contributed by atoms with Crippen LogP contribution in [-0.4, -0.2) is 54.4 Å². The third kappa shape index (κ3) is 3.95. The second-order valence-corrected chi connectivity index (χ2v) is 8.76. The molecule has 5 nitrogen and oxygen atoms in total. The van der Waals surface area contributed by atoms with Gasteiger partial charge >= 0.3 is 7.12 Å². The smallest absolute Gasteiger partial charge is 0.399 e. The number of rotatable bonds is 4. The van der Waals surface area contributed by atoms with E-state index in [-0.39, 0.29) is 18.3 Å². The van der Waals surface area contributed by atoms with Gasteiger partial charge in [-0.1, -0.05) is 18.2 Å². The molecule has 0 aliphatic carbocycles. The molecule has 0 bridgehead atoms. The summed E-state index contributed by atoms with van der Waals surface area (Å²) in [5.41, 5.74) is 2.87. The summed E-state index contributed by atoms with van der Waals surface area (Å²) in [5, 5.41) is 0. The number of aromatic nitrogens is 1. The Hall–Kier alpha value is -1.89. The molecule has 148 valence electrons. The molecule has 2 aromatic rings. The van der Waals surface area contributed by atoms with E-state index in [0.29, 0.717) is 0 Å². The molecule has 4 rings (SSSR count). The van der Waals surface area contributed by atoms with Gasteiger partial charge in [-0.15, -0.1) is 0 Å². The second-order valence-electron chi connectivity index (χ2n) is 8.76. The zero-order valence-electron chi connectivity index (χ0n) is 17.4. The van der Waals surface area contributed by atoms with Crippen LogP contribution in [0.1, 0.15) is 33.4 Å². The first-order chi connectivity index (χ1) is 13.3. The maximum atomic E-state index is 6.16. The first-order valence-electron chi connectivity index (χ1n) is 10.2. The fourth-order valence-corrected chi connectivity index (χ4v) is 3.71. The minimum Gasteiger partial charge on any atom is -0.399 e. The highest BCUT2D eigenvalue weighted by molar-refractivity contribution is 6.62. The van der Waals surface area contributed by atoms with Crippen molar-refractivity contribution in [2.45, 2.75) is 45.4 Å². The molecule has 3 heterocycles. The van der Waals surface area contributed by atoms with Crippen LogP contribution in [0.3, 0.4) is 0 Å². The number of anilines is 1. The molecule has 2 aliphatic rings. The highest BCUT2D eigenvalue weighted by atomic mass is 16.7. The van der Waals surface area contributed by atoms with Gasteiger partial charge in [-0.2, -0.15) is 0 Å². The summed E-state index contributed by atoms with van der Waals surface area (Å²) in [6, 6.07) is 14.8. The summed E-state index contributed by atoms with van der Waals surface area (Å²) in [6.45, 7) is 13.4. The first-order valence-corrected chi connectivity index (χ1v) is 10.2. The molecule has 2 aliphatic heterocycles. The third-order valence-electron chi connectivity index (χ3n) is 6.27.